The van der Waals surface area contributed by atoms with E-state index in [4.69, 9.17) is 4.74 Å². The second kappa shape index (κ2) is 8.17. The Bertz CT molecular complexity index is 738. The Balaban J connectivity index is 0.00000182. The first-order valence-electron chi connectivity index (χ1n) is 8.93. The summed E-state index contributed by atoms with van der Waals surface area (Å²) < 4.78 is 5.34. The molecule has 0 saturated carbocycles. The van der Waals surface area contributed by atoms with Crippen LogP contribution in [0.4, 0.5) is 0 Å². The number of carbonyl (C=O) groups is 1. The first-order chi connectivity index (χ1) is 11.8. The SMILES string of the molecule is Cl.O=C(c1ccc2c(C3CCNCC3)cccc2c1)N1CCOCC1. The van der Waals surface area contributed by atoms with Gasteiger partial charge in [-0.3, -0.25) is 4.79 Å². The Hall–Kier alpha value is -1.62. The molecule has 1 amide bonds. The summed E-state index contributed by atoms with van der Waals surface area (Å²) in [5.74, 6) is 0.739. The van der Waals surface area contributed by atoms with E-state index in [1.807, 2.05) is 11.0 Å². The van der Waals surface area contributed by atoms with Crippen molar-refractivity contribution in [1.82, 2.24) is 10.2 Å². The highest BCUT2D eigenvalue weighted by Crippen LogP contribution is 2.32. The summed E-state index contributed by atoms with van der Waals surface area (Å²) in [4.78, 5) is 14.6. The maximum absolute atomic E-state index is 12.7. The average Bonchev–Trinajstić information content (AvgIpc) is 2.68. The van der Waals surface area contributed by atoms with E-state index >= 15 is 0 Å². The summed E-state index contributed by atoms with van der Waals surface area (Å²) in [6, 6.07) is 12.7. The third-order valence-electron chi connectivity index (χ3n) is 5.24. The van der Waals surface area contributed by atoms with Crippen LogP contribution in [0.3, 0.4) is 0 Å². The molecule has 25 heavy (non-hydrogen) atoms. The number of hydrogen-bond donors (Lipinski definition) is 1. The second-order valence-electron chi connectivity index (χ2n) is 6.71. The van der Waals surface area contributed by atoms with Gasteiger partial charge >= 0.3 is 0 Å². The Morgan fingerprint density at radius 2 is 1.84 bits per heavy atom. The third-order valence-corrected chi connectivity index (χ3v) is 5.24. The molecule has 2 fully saturated rings. The molecule has 0 radical (unpaired) electrons. The zero-order valence-corrected chi connectivity index (χ0v) is 15.2. The van der Waals surface area contributed by atoms with Gasteiger partial charge in [0, 0.05) is 18.7 Å². The van der Waals surface area contributed by atoms with Gasteiger partial charge in [0.15, 0.2) is 0 Å². The molecule has 4 nitrogen and oxygen atoms in total. The summed E-state index contributed by atoms with van der Waals surface area (Å²) in [5, 5.41) is 5.90. The molecule has 5 heteroatoms. The molecule has 2 saturated heterocycles. The van der Waals surface area contributed by atoms with E-state index in [0.29, 0.717) is 32.2 Å². The zero-order chi connectivity index (χ0) is 16.4. The number of benzene rings is 2. The van der Waals surface area contributed by atoms with Crippen molar-refractivity contribution >= 4 is 29.1 Å². The fraction of sp³-hybridized carbons (Fsp3) is 0.450. The van der Waals surface area contributed by atoms with E-state index in [1.54, 1.807) is 0 Å². The molecule has 1 N–H and O–H groups in total. The normalized spacial score (nSPS) is 18.8. The summed E-state index contributed by atoms with van der Waals surface area (Å²) in [6.07, 6.45) is 2.38. The summed E-state index contributed by atoms with van der Waals surface area (Å²) in [6.45, 7) is 4.83. The molecule has 0 unspecified atom stereocenters. The quantitative estimate of drug-likeness (QED) is 0.894. The number of morpholine rings is 1. The number of nitrogens with one attached hydrogen (secondary N) is 1. The van der Waals surface area contributed by atoms with Gasteiger partial charge in [-0.05, 0) is 60.3 Å². The van der Waals surface area contributed by atoms with Gasteiger partial charge in [-0.2, -0.15) is 0 Å². The van der Waals surface area contributed by atoms with Crippen LogP contribution in [-0.4, -0.2) is 50.2 Å². The van der Waals surface area contributed by atoms with Crippen molar-refractivity contribution in [3.63, 3.8) is 0 Å². The molecular formula is C20H25ClN2O2. The van der Waals surface area contributed by atoms with E-state index < -0.39 is 0 Å². The number of amides is 1. The van der Waals surface area contributed by atoms with Gasteiger partial charge in [0.2, 0.25) is 0 Å². The van der Waals surface area contributed by atoms with Crippen LogP contribution >= 0.6 is 12.4 Å². The Labute approximate surface area is 154 Å². The van der Waals surface area contributed by atoms with Crippen molar-refractivity contribution in [1.29, 1.82) is 0 Å². The van der Waals surface area contributed by atoms with Gasteiger partial charge in [-0.1, -0.05) is 24.3 Å². The molecule has 134 valence electrons. The molecule has 2 aromatic rings. The van der Waals surface area contributed by atoms with Crippen LogP contribution < -0.4 is 5.32 Å². The molecule has 0 spiro atoms. The van der Waals surface area contributed by atoms with Gasteiger partial charge in [-0.25, -0.2) is 0 Å². The number of rotatable bonds is 2. The van der Waals surface area contributed by atoms with Crippen LogP contribution in [0, 0.1) is 0 Å². The van der Waals surface area contributed by atoms with Gasteiger partial charge in [0.1, 0.15) is 0 Å². The van der Waals surface area contributed by atoms with E-state index in [2.05, 4.69) is 35.6 Å². The number of piperidine rings is 1. The molecule has 2 aliphatic rings. The fourth-order valence-electron chi connectivity index (χ4n) is 3.88. The molecule has 0 aliphatic carbocycles. The summed E-state index contributed by atoms with van der Waals surface area (Å²) >= 11 is 0. The van der Waals surface area contributed by atoms with Crippen LogP contribution in [-0.2, 0) is 4.74 Å². The van der Waals surface area contributed by atoms with Crippen LogP contribution in [0.5, 0.6) is 0 Å². The maximum Gasteiger partial charge on any atom is 0.254 e. The Morgan fingerprint density at radius 1 is 1.08 bits per heavy atom. The Morgan fingerprint density at radius 3 is 2.60 bits per heavy atom. The van der Waals surface area contributed by atoms with Gasteiger partial charge in [0.25, 0.3) is 5.91 Å². The lowest BCUT2D eigenvalue weighted by Crippen LogP contribution is -2.40. The predicted molar refractivity (Wildman–Crippen MR) is 103 cm³/mol. The lowest BCUT2D eigenvalue weighted by Gasteiger charge is -2.27. The number of hydrogen-bond acceptors (Lipinski definition) is 3. The standard InChI is InChI=1S/C20H24N2O2.ClH/c23-20(22-10-12-24-13-11-22)17-4-5-19-16(14-17)2-1-3-18(19)15-6-8-21-9-7-15;/h1-5,14-15,21H,6-13H2;1H. The van der Waals surface area contributed by atoms with Crippen LogP contribution in [0.25, 0.3) is 10.8 Å². The molecule has 0 aromatic heterocycles. The van der Waals surface area contributed by atoms with Gasteiger partial charge in [0.05, 0.1) is 13.2 Å². The minimum absolute atomic E-state index is 0. The second-order valence-corrected chi connectivity index (χ2v) is 6.71. The first-order valence-corrected chi connectivity index (χ1v) is 8.93. The maximum atomic E-state index is 12.7. The lowest BCUT2D eigenvalue weighted by atomic mass is 9.86. The average molecular weight is 361 g/mol. The predicted octanol–water partition coefficient (Wildman–Crippen LogP) is 3.20. The zero-order valence-electron chi connectivity index (χ0n) is 14.4. The van der Waals surface area contributed by atoms with Crippen molar-refractivity contribution in [2.45, 2.75) is 18.8 Å². The number of fused-ring (bicyclic) bond motifs is 1. The lowest BCUT2D eigenvalue weighted by molar-refractivity contribution is 0.0303. The largest absolute Gasteiger partial charge is 0.378 e. The van der Waals surface area contributed by atoms with E-state index in [0.717, 1.165) is 18.7 Å². The first kappa shape index (κ1) is 18.2. The van der Waals surface area contributed by atoms with Crippen LogP contribution in [0.2, 0.25) is 0 Å². The molecule has 2 aromatic carbocycles. The molecule has 2 aliphatic heterocycles. The topological polar surface area (TPSA) is 41.6 Å². The summed E-state index contributed by atoms with van der Waals surface area (Å²) in [5.41, 5.74) is 2.21. The monoisotopic (exact) mass is 360 g/mol. The van der Waals surface area contributed by atoms with E-state index in [9.17, 15) is 4.79 Å². The van der Waals surface area contributed by atoms with Crippen molar-refractivity contribution in [2.24, 2.45) is 0 Å². The number of carbonyl (C=O) groups excluding carboxylic acids is 1. The van der Waals surface area contributed by atoms with Crippen molar-refractivity contribution in [3.05, 3.63) is 47.5 Å². The molecule has 0 atom stereocenters. The van der Waals surface area contributed by atoms with E-state index in [1.165, 1.54) is 29.2 Å². The van der Waals surface area contributed by atoms with Crippen molar-refractivity contribution in [3.8, 4) is 0 Å². The third kappa shape index (κ3) is 3.81. The summed E-state index contributed by atoms with van der Waals surface area (Å²) in [7, 11) is 0. The molecule has 4 rings (SSSR count). The number of ether oxygens (including phenoxy) is 1. The highest BCUT2D eigenvalue weighted by atomic mass is 35.5. The highest BCUT2D eigenvalue weighted by molar-refractivity contribution is 5.99. The minimum Gasteiger partial charge on any atom is -0.378 e. The van der Waals surface area contributed by atoms with Gasteiger partial charge < -0.3 is 15.0 Å². The molecular weight excluding hydrogens is 336 g/mol. The fourth-order valence-corrected chi connectivity index (χ4v) is 3.88. The van der Waals surface area contributed by atoms with Crippen molar-refractivity contribution < 1.29 is 9.53 Å². The van der Waals surface area contributed by atoms with Crippen molar-refractivity contribution in [2.75, 3.05) is 39.4 Å². The molecule has 2 heterocycles. The van der Waals surface area contributed by atoms with E-state index in [-0.39, 0.29) is 18.3 Å². The Kier molecular flexibility index (Phi) is 5.94. The molecule has 0 bridgehead atoms. The van der Waals surface area contributed by atoms with Crippen LogP contribution in [0.15, 0.2) is 36.4 Å². The smallest absolute Gasteiger partial charge is 0.254 e. The minimum atomic E-state index is 0. The highest BCUT2D eigenvalue weighted by Gasteiger charge is 2.20. The van der Waals surface area contributed by atoms with Crippen LogP contribution in [0.1, 0.15) is 34.7 Å². The van der Waals surface area contributed by atoms with Gasteiger partial charge in [-0.15, -0.1) is 12.4 Å². The number of nitrogens with zero attached hydrogens (tertiary/aromatic N) is 1. The number of halogens is 1.